The number of hydrogen-bond acceptors (Lipinski definition) is 3. The third kappa shape index (κ3) is 3.56. The fourth-order valence-electron chi connectivity index (χ4n) is 2.27. The number of hydrogen-bond donors (Lipinski definition) is 2. The zero-order valence-corrected chi connectivity index (χ0v) is 9.21. The lowest BCUT2D eigenvalue weighted by Gasteiger charge is -2.36. The highest BCUT2D eigenvalue weighted by atomic mass is 16.3. The summed E-state index contributed by atoms with van der Waals surface area (Å²) in [4.78, 5) is 2.13. The number of likely N-dealkylation sites (N-methyl/N-ethyl adjacent to an activating group) is 1. The molecule has 0 radical (unpaired) electrons. The standard InChI is InChI=1S/C11H23NO2/c1-2-12(8-9-13)10-11(14)6-4-3-5-7-11/h13-14H,2-10H2,1H3. The first-order valence-corrected chi connectivity index (χ1v) is 5.76. The van der Waals surface area contributed by atoms with Gasteiger partial charge in [-0.2, -0.15) is 0 Å². The van der Waals surface area contributed by atoms with Crippen LogP contribution in [0.3, 0.4) is 0 Å². The van der Waals surface area contributed by atoms with Crippen molar-refractivity contribution in [1.29, 1.82) is 0 Å². The Hall–Kier alpha value is -0.120. The molecule has 3 nitrogen and oxygen atoms in total. The van der Waals surface area contributed by atoms with Crippen molar-refractivity contribution in [2.75, 3.05) is 26.2 Å². The van der Waals surface area contributed by atoms with Crippen molar-refractivity contribution >= 4 is 0 Å². The minimum Gasteiger partial charge on any atom is -0.395 e. The zero-order valence-electron chi connectivity index (χ0n) is 9.21. The van der Waals surface area contributed by atoms with Gasteiger partial charge in [0.05, 0.1) is 12.2 Å². The van der Waals surface area contributed by atoms with Crippen LogP contribution in [0.1, 0.15) is 39.0 Å². The molecule has 0 aromatic heterocycles. The minimum absolute atomic E-state index is 0.184. The molecule has 0 bridgehead atoms. The Morgan fingerprint density at radius 1 is 1.21 bits per heavy atom. The Balaban J connectivity index is 2.38. The molecule has 1 aliphatic carbocycles. The van der Waals surface area contributed by atoms with Gasteiger partial charge in [0, 0.05) is 13.1 Å². The van der Waals surface area contributed by atoms with Crippen LogP contribution in [-0.2, 0) is 0 Å². The Bertz CT molecular complexity index is 155. The number of rotatable bonds is 5. The summed E-state index contributed by atoms with van der Waals surface area (Å²) in [5.41, 5.74) is -0.483. The van der Waals surface area contributed by atoms with E-state index in [1.54, 1.807) is 0 Å². The maximum absolute atomic E-state index is 10.3. The van der Waals surface area contributed by atoms with Crippen LogP contribution in [0, 0.1) is 0 Å². The first kappa shape index (κ1) is 12.0. The summed E-state index contributed by atoms with van der Waals surface area (Å²) in [6, 6.07) is 0. The van der Waals surface area contributed by atoms with Gasteiger partial charge in [-0.25, -0.2) is 0 Å². The molecule has 2 N–H and O–H groups in total. The van der Waals surface area contributed by atoms with Crippen LogP contribution in [0.15, 0.2) is 0 Å². The molecule has 0 aromatic carbocycles. The molecule has 0 atom stereocenters. The summed E-state index contributed by atoms with van der Waals surface area (Å²) < 4.78 is 0. The molecular weight excluding hydrogens is 178 g/mol. The highest BCUT2D eigenvalue weighted by molar-refractivity contribution is 4.85. The van der Waals surface area contributed by atoms with Crippen molar-refractivity contribution in [1.82, 2.24) is 4.90 Å². The van der Waals surface area contributed by atoms with Crippen molar-refractivity contribution in [3.63, 3.8) is 0 Å². The SMILES string of the molecule is CCN(CCO)CC1(O)CCCCC1. The molecule has 0 aromatic rings. The molecule has 0 heterocycles. The summed E-state index contributed by atoms with van der Waals surface area (Å²) in [5, 5.41) is 19.1. The van der Waals surface area contributed by atoms with Gasteiger partial charge in [-0.15, -0.1) is 0 Å². The molecule has 0 aliphatic heterocycles. The largest absolute Gasteiger partial charge is 0.395 e. The quantitative estimate of drug-likeness (QED) is 0.697. The van der Waals surface area contributed by atoms with Gasteiger partial charge in [0.1, 0.15) is 0 Å². The number of aliphatic hydroxyl groups excluding tert-OH is 1. The summed E-state index contributed by atoms with van der Waals surface area (Å²) >= 11 is 0. The van der Waals surface area contributed by atoms with E-state index in [2.05, 4.69) is 11.8 Å². The maximum Gasteiger partial charge on any atom is 0.0774 e. The minimum atomic E-state index is -0.483. The van der Waals surface area contributed by atoms with Gasteiger partial charge in [-0.05, 0) is 19.4 Å². The predicted octanol–water partition coefficient (Wildman–Crippen LogP) is 0.996. The van der Waals surface area contributed by atoms with Gasteiger partial charge in [0.15, 0.2) is 0 Å². The molecule has 14 heavy (non-hydrogen) atoms. The predicted molar refractivity (Wildman–Crippen MR) is 57.2 cm³/mol. The lowest BCUT2D eigenvalue weighted by Crippen LogP contribution is -2.45. The topological polar surface area (TPSA) is 43.7 Å². The van der Waals surface area contributed by atoms with Gasteiger partial charge in [-0.3, -0.25) is 4.90 Å². The van der Waals surface area contributed by atoms with Crippen LogP contribution in [0.4, 0.5) is 0 Å². The molecule has 3 heteroatoms. The van der Waals surface area contributed by atoms with E-state index in [0.717, 1.165) is 38.8 Å². The van der Waals surface area contributed by atoms with E-state index in [0.29, 0.717) is 6.54 Å². The Morgan fingerprint density at radius 2 is 1.86 bits per heavy atom. The fourth-order valence-corrected chi connectivity index (χ4v) is 2.27. The number of aliphatic hydroxyl groups is 2. The van der Waals surface area contributed by atoms with Gasteiger partial charge in [0.25, 0.3) is 0 Å². The van der Waals surface area contributed by atoms with Crippen molar-refractivity contribution in [2.45, 2.75) is 44.6 Å². The second kappa shape index (κ2) is 5.69. The second-order valence-corrected chi connectivity index (χ2v) is 4.38. The molecule has 1 aliphatic rings. The molecule has 0 spiro atoms. The molecule has 0 unspecified atom stereocenters. The first-order valence-electron chi connectivity index (χ1n) is 5.76. The van der Waals surface area contributed by atoms with Gasteiger partial charge >= 0.3 is 0 Å². The molecule has 84 valence electrons. The van der Waals surface area contributed by atoms with Crippen molar-refractivity contribution in [3.8, 4) is 0 Å². The van der Waals surface area contributed by atoms with Crippen molar-refractivity contribution in [3.05, 3.63) is 0 Å². The molecule has 1 rings (SSSR count). The summed E-state index contributed by atoms with van der Waals surface area (Å²) in [6.45, 7) is 4.57. The van der Waals surface area contributed by atoms with E-state index in [4.69, 9.17) is 5.11 Å². The Labute approximate surface area is 86.7 Å². The van der Waals surface area contributed by atoms with Crippen LogP contribution >= 0.6 is 0 Å². The molecule has 1 fully saturated rings. The van der Waals surface area contributed by atoms with Crippen molar-refractivity contribution < 1.29 is 10.2 Å². The normalized spacial score (nSPS) is 21.4. The average molecular weight is 201 g/mol. The highest BCUT2D eigenvalue weighted by Crippen LogP contribution is 2.28. The van der Waals surface area contributed by atoms with E-state index >= 15 is 0 Å². The lowest BCUT2D eigenvalue weighted by atomic mass is 9.84. The molecule has 0 amide bonds. The smallest absolute Gasteiger partial charge is 0.0774 e. The van der Waals surface area contributed by atoms with Crippen LogP contribution in [-0.4, -0.2) is 47.0 Å². The van der Waals surface area contributed by atoms with Crippen LogP contribution in [0.5, 0.6) is 0 Å². The van der Waals surface area contributed by atoms with Gasteiger partial charge < -0.3 is 10.2 Å². The monoisotopic (exact) mass is 201 g/mol. The number of nitrogens with zero attached hydrogens (tertiary/aromatic N) is 1. The zero-order chi connectivity index (χ0) is 10.4. The molecule has 0 saturated heterocycles. The summed E-state index contributed by atoms with van der Waals surface area (Å²) in [6.07, 6.45) is 5.40. The third-order valence-electron chi connectivity index (χ3n) is 3.17. The maximum atomic E-state index is 10.3. The fraction of sp³-hybridized carbons (Fsp3) is 1.00. The first-order chi connectivity index (χ1) is 6.70. The second-order valence-electron chi connectivity index (χ2n) is 4.38. The van der Waals surface area contributed by atoms with Gasteiger partial charge in [-0.1, -0.05) is 26.2 Å². The van der Waals surface area contributed by atoms with E-state index in [1.807, 2.05) is 0 Å². The Kier molecular flexibility index (Phi) is 4.85. The molecule has 1 saturated carbocycles. The van der Waals surface area contributed by atoms with Crippen LogP contribution in [0.2, 0.25) is 0 Å². The van der Waals surface area contributed by atoms with Crippen LogP contribution < -0.4 is 0 Å². The van der Waals surface area contributed by atoms with Crippen LogP contribution in [0.25, 0.3) is 0 Å². The van der Waals surface area contributed by atoms with Gasteiger partial charge in [0.2, 0.25) is 0 Å². The van der Waals surface area contributed by atoms with E-state index < -0.39 is 5.60 Å². The summed E-state index contributed by atoms with van der Waals surface area (Å²) in [5.74, 6) is 0. The van der Waals surface area contributed by atoms with E-state index in [1.165, 1.54) is 6.42 Å². The third-order valence-corrected chi connectivity index (χ3v) is 3.17. The van der Waals surface area contributed by atoms with Crippen molar-refractivity contribution in [2.24, 2.45) is 0 Å². The highest BCUT2D eigenvalue weighted by Gasteiger charge is 2.30. The lowest BCUT2D eigenvalue weighted by molar-refractivity contribution is -0.0275. The average Bonchev–Trinajstić information content (AvgIpc) is 2.18. The van der Waals surface area contributed by atoms with E-state index in [-0.39, 0.29) is 6.61 Å². The Morgan fingerprint density at radius 3 is 2.36 bits per heavy atom. The summed E-state index contributed by atoms with van der Waals surface area (Å²) in [7, 11) is 0. The van der Waals surface area contributed by atoms with E-state index in [9.17, 15) is 5.11 Å². The molecular formula is C11H23NO2.